The van der Waals surface area contributed by atoms with Gasteiger partial charge in [-0.15, -0.1) is 0 Å². The molecule has 0 unspecified atom stereocenters. The van der Waals surface area contributed by atoms with Crippen molar-refractivity contribution in [3.8, 4) is 17.2 Å². The minimum Gasteiger partial charge on any atom is -0.492 e. The van der Waals surface area contributed by atoms with Crippen LogP contribution < -0.4 is 19.5 Å². The first kappa shape index (κ1) is 18.7. The molecule has 0 fully saturated rings. The van der Waals surface area contributed by atoms with Crippen molar-refractivity contribution in [1.82, 2.24) is 0 Å². The Morgan fingerprint density at radius 1 is 1.23 bits per heavy atom. The number of carbonyl (C=O) groups excluding carboxylic acids is 1. The lowest BCUT2D eigenvalue weighted by molar-refractivity contribution is -0.118. The maximum absolute atomic E-state index is 12.3. The standard InChI is InChI=1S/C19H19Cl2NO4/c1-3-24-18-7-12-6-11(2)26-17(12)9-16(18)22-19(23)10-25-13-4-5-14(20)15(21)8-13/h4-5,7-9,11H,3,6,10H2,1-2H3,(H,22,23)/t11-/m1/s1. The lowest BCUT2D eigenvalue weighted by Crippen LogP contribution is -2.20. The number of hydrogen-bond donors (Lipinski definition) is 1. The number of benzene rings is 2. The predicted octanol–water partition coefficient (Wildman–Crippen LogP) is 4.73. The Bertz CT molecular complexity index is 825. The van der Waals surface area contributed by atoms with E-state index in [0.29, 0.717) is 33.8 Å². The molecule has 2 aromatic rings. The molecular formula is C19H19Cl2NO4. The summed E-state index contributed by atoms with van der Waals surface area (Å²) in [4.78, 5) is 12.3. The van der Waals surface area contributed by atoms with Gasteiger partial charge >= 0.3 is 0 Å². The molecule has 1 N–H and O–H groups in total. The highest BCUT2D eigenvalue weighted by molar-refractivity contribution is 6.42. The molecule has 0 bridgehead atoms. The third kappa shape index (κ3) is 4.34. The lowest BCUT2D eigenvalue weighted by atomic mass is 10.1. The maximum Gasteiger partial charge on any atom is 0.262 e. The SMILES string of the molecule is CCOc1cc2c(cc1NC(=O)COc1ccc(Cl)c(Cl)c1)O[C@H](C)C2. The van der Waals surface area contributed by atoms with Gasteiger partial charge in [-0.25, -0.2) is 0 Å². The second-order valence-corrected chi connectivity index (χ2v) is 6.75. The van der Waals surface area contributed by atoms with Gasteiger partial charge in [0, 0.05) is 24.1 Å². The van der Waals surface area contributed by atoms with Gasteiger partial charge in [-0.2, -0.15) is 0 Å². The molecule has 1 heterocycles. The van der Waals surface area contributed by atoms with Crippen LogP contribution in [0.5, 0.6) is 17.2 Å². The molecule has 0 spiro atoms. The minimum absolute atomic E-state index is 0.114. The Kier molecular flexibility index (Phi) is 5.79. The highest BCUT2D eigenvalue weighted by Gasteiger charge is 2.22. The molecule has 5 nitrogen and oxygen atoms in total. The van der Waals surface area contributed by atoms with Crippen LogP contribution in [0.2, 0.25) is 10.0 Å². The summed E-state index contributed by atoms with van der Waals surface area (Å²) >= 11 is 11.8. The number of carbonyl (C=O) groups is 1. The summed E-state index contributed by atoms with van der Waals surface area (Å²) in [5.41, 5.74) is 1.63. The highest BCUT2D eigenvalue weighted by atomic mass is 35.5. The maximum atomic E-state index is 12.3. The minimum atomic E-state index is -0.317. The van der Waals surface area contributed by atoms with Gasteiger partial charge in [-0.05, 0) is 32.0 Å². The molecule has 0 saturated carbocycles. The van der Waals surface area contributed by atoms with E-state index in [9.17, 15) is 4.79 Å². The number of hydrogen-bond acceptors (Lipinski definition) is 4. The Morgan fingerprint density at radius 2 is 2.04 bits per heavy atom. The molecule has 0 aliphatic carbocycles. The quantitative estimate of drug-likeness (QED) is 0.767. The molecule has 7 heteroatoms. The Balaban J connectivity index is 1.68. The third-order valence-electron chi connectivity index (χ3n) is 3.83. The van der Waals surface area contributed by atoms with Gasteiger partial charge in [0.05, 0.1) is 22.3 Å². The van der Waals surface area contributed by atoms with E-state index in [0.717, 1.165) is 17.7 Å². The van der Waals surface area contributed by atoms with Gasteiger partial charge in [0.1, 0.15) is 23.4 Å². The molecule has 3 rings (SSSR count). The molecule has 26 heavy (non-hydrogen) atoms. The van der Waals surface area contributed by atoms with Crippen molar-refractivity contribution < 1.29 is 19.0 Å². The first-order valence-electron chi connectivity index (χ1n) is 8.30. The molecule has 0 aromatic heterocycles. The average molecular weight is 396 g/mol. The molecule has 0 radical (unpaired) electrons. The fourth-order valence-corrected chi connectivity index (χ4v) is 3.00. The van der Waals surface area contributed by atoms with Crippen molar-refractivity contribution in [3.63, 3.8) is 0 Å². The van der Waals surface area contributed by atoms with Crippen LogP contribution >= 0.6 is 23.2 Å². The van der Waals surface area contributed by atoms with E-state index >= 15 is 0 Å². The number of amides is 1. The Hall–Kier alpha value is -2.11. The Labute approximate surface area is 162 Å². The van der Waals surface area contributed by atoms with E-state index in [-0.39, 0.29) is 18.6 Å². The monoisotopic (exact) mass is 395 g/mol. The van der Waals surface area contributed by atoms with Crippen molar-refractivity contribution in [2.24, 2.45) is 0 Å². The molecule has 138 valence electrons. The van der Waals surface area contributed by atoms with Crippen LogP contribution in [0.25, 0.3) is 0 Å². The van der Waals surface area contributed by atoms with E-state index in [1.807, 2.05) is 19.9 Å². The first-order valence-corrected chi connectivity index (χ1v) is 9.06. The number of ether oxygens (including phenoxy) is 3. The zero-order valence-corrected chi connectivity index (χ0v) is 16.0. The summed E-state index contributed by atoms with van der Waals surface area (Å²) in [6, 6.07) is 8.53. The highest BCUT2D eigenvalue weighted by Crippen LogP contribution is 2.38. The van der Waals surface area contributed by atoms with E-state index in [1.54, 1.807) is 24.3 Å². The lowest BCUT2D eigenvalue weighted by Gasteiger charge is -2.14. The first-order chi connectivity index (χ1) is 12.5. The summed E-state index contributed by atoms with van der Waals surface area (Å²) in [5.74, 6) is 1.53. The fourth-order valence-electron chi connectivity index (χ4n) is 2.71. The van der Waals surface area contributed by atoms with Crippen LogP contribution in [-0.4, -0.2) is 25.2 Å². The normalized spacial score (nSPS) is 15.2. The topological polar surface area (TPSA) is 56.8 Å². The van der Waals surface area contributed by atoms with Crippen LogP contribution in [0.15, 0.2) is 30.3 Å². The molecule has 1 atom stereocenters. The van der Waals surface area contributed by atoms with Crippen LogP contribution in [-0.2, 0) is 11.2 Å². The van der Waals surface area contributed by atoms with Crippen LogP contribution in [0.3, 0.4) is 0 Å². The summed E-state index contributed by atoms with van der Waals surface area (Å²) in [6.07, 6.45) is 0.938. The third-order valence-corrected chi connectivity index (χ3v) is 4.57. The van der Waals surface area contributed by atoms with E-state index < -0.39 is 0 Å². The number of rotatable bonds is 6. The summed E-state index contributed by atoms with van der Waals surface area (Å²) in [6.45, 7) is 4.23. The number of halogens is 2. The number of fused-ring (bicyclic) bond motifs is 1. The Morgan fingerprint density at radius 3 is 2.77 bits per heavy atom. The summed E-state index contributed by atoms with van der Waals surface area (Å²) in [5, 5.41) is 3.60. The molecule has 1 aliphatic heterocycles. The predicted molar refractivity (Wildman–Crippen MR) is 102 cm³/mol. The van der Waals surface area contributed by atoms with Gasteiger partial charge in [0.2, 0.25) is 0 Å². The second-order valence-electron chi connectivity index (χ2n) is 5.93. The molecule has 1 amide bonds. The van der Waals surface area contributed by atoms with Crippen molar-refractivity contribution in [2.75, 3.05) is 18.5 Å². The number of nitrogens with one attached hydrogen (secondary N) is 1. The van der Waals surface area contributed by atoms with Crippen LogP contribution in [0.4, 0.5) is 5.69 Å². The molecular weight excluding hydrogens is 377 g/mol. The molecule has 2 aromatic carbocycles. The summed E-state index contributed by atoms with van der Waals surface area (Å²) < 4.78 is 16.9. The van der Waals surface area contributed by atoms with Crippen molar-refractivity contribution in [1.29, 1.82) is 0 Å². The van der Waals surface area contributed by atoms with Crippen LogP contribution in [0, 0.1) is 0 Å². The average Bonchev–Trinajstić information content (AvgIpc) is 2.95. The molecule has 1 aliphatic rings. The van der Waals surface area contributed by atoms with Gasteiger partial charge in [0.15, 0.2) is 6.61 Å². The van der Waals surface area contributed by atoms with Crippen molar-refractivity contribution >= 4 is 34.8 Å². The largest absolute Gasteiger partial charge is 0.492 e. The summed E-state index contributed by atoms with van der Waals surface area (Å²) in [7, 11) is 0. The van der Waals surface area contributed by atoms with E-state index in [2.05, 4.69) is 5.32 Å². The van der Waals surface area contributed by atoms with Crippen LogP contribution in [0.1, 0.15) is 19.4 Å². The van der Waals surface area contributed by atoms with Crippen molar-refractivity contribution in [2.45, 2.75) is 26.4 Å². The van der Waals surface area contributed by atoms with Gasteiger partial charge < -0.3 is 19.5 Å². The molecule has 0 saturated heterocycles. The fraction of sp³-hybridized carbons (Fsp3) is 0.316. The van der Waals surface area contributed by atoms with Gasteiger partial charge in [-0.3, -0.25) is 4.79 Å². The zero-order chi connectivity index (χ0) is 18.7. The van der Waals surface area contributed by atoms with Gasteiger partial charge in [0.25, 0.3) is 5.91 Å². The van der Waals surface area contributed by atoms with Crippen molar-refractivity contribution in [3.05, 3.63) is 45.9 Å². The number of anilines is 1. The zero-order valence-electron chi connectivity index (χ0n) is 14.5. The second kappa shape index (κ2) is 8.06. The smallest absolute Gasteiger partial charge is 0.262 e. The van der Waals surface area contributed by atoms with E-state index in [1.165, 1.54) is 0 Å². The van der Waals surface area contributed by atoms with E-state index in [4.69, 9.17) is 37.4 Å². The van der Waals surface area contributed by atoms with Gasteiger partial charge in [-0.1, -0.05) is 23.2 Å².